The Bertz CT molecular complexity index is 989. The van der Waals surface area contributed by atoms with E-state index in [0.29, 0.717) is 0 Å². The van der Waals surface area contributed by atoms with Crippen LogP contribution in [0.25, 0.3) is 11.3 Å². The van der Waals surface area contributed by atoms with Crippen LogP contribution in [0.2, 0.25) is 5.02 Å². The summed E-state index contributed by atoms with van der Waals surface area (Å²) in [6, 6.07) is 21.1. The molecule has 0 fully saturated rings. The predicted molar refractivity (Wildman–Crippen MR) is 131 cm³/mol. The fourth-order valence-electron chi connectivity index (χ4n) is 4.31. The van der Waals surface area contributed by atoms with Crippen LogP contribution in [0.15, 0.2) is 66.7 Å². The molecule has 1 aliphatic heterocycles. The summed E-state index contributed by atoms with van der Waals surface area (Å²) in [7, 11) is 0. The van der Waals surface area contributed by atoms with E-state index in [1.54, 1.807) is 0 Å². The third kappa shape index (κ3) is 5.87. The molecule has 1 aromatic heterocycles. The molecule has 0 atom stereocenters. The summed E-state index contributed by atoms with van der Waals surface area (Å²) in [6.45, 7) is 5.55. The summed E-state index contributed by atoms with van der Waals surface area (Å²) in [5.74, 6) is 0. The van der Waals surface area contributed by atoms with Crippen molar-refractivity contribution in [1.82, 2.24) is 14.7 Å². The van der Waals surface area contributed by atoms with Gasteiger partial charge in [0.1, 0.15) is 0 Å². The molecule has 2 heterocycles. The molecule has 0 aliphatic carbocycles. The highest BCUT2D eigenvalue weighted by atomic mass is 35.5. The van der Waals surface area contributed by atoms with E-state index in [-0.39, 0.29) is 0 Å². The topological polar surface area (TPSA) is 21.1 Å². The second-order valence-corrected chi connectivity index (χ2v) is 8.80. The first-order valence-corrected chi connectivity index (χ1v) is 11.9. The largest absolute Gasteiger partial charge is 0.299 e. The van der Waals surface area contributed by atoms with Gasteiger partial charge in [-0.3, -0.25) is 4.90 Å². The van der Waals surface area contributed by atoms with Gasteiger partial charge in [-0.1, -0.05) is 61.4 Å². The number of unbranched alkanes of at least 4 members (excludes halogenated alkanes) is 1. The van der Waals surface area contributed by atoms with Crippen LogP contribution in [0, 0.1) is 0 Å². The third-order valence-corrected chi connectivity index (χ3v) is 6.26. The van der Waals surface area contributed by atoms with E-state index in [2.05, 4.69) is 71.1 Å². The van der Waals surface area contributed by atoms with Crippen molar-refractivity contribution in [1.29, 1.82) is 0 Å². The minimum atomic E-state index is 0.803. The van der Waals surface area contributed by atoms with Gasteiger partial charge in [-0.15, -0.1) is 0 Å². The summed E-state index contributed by atoms with van der Waals surface area (Å²) < 4.78 is 2.15. The Labute approximate surface area is 191 Å². The molecule has 0 saturated carbocycles. The van der Waals surface area contributed by atoms with E-state index in [1.807, 2.05) is 12.1 Å². The lowest BCUT2D eigenvalue weighted by Gasteiger charge is -2.26. The van der Waals surface area contributed by atoms with Crippen LogP contribution in [-0.2, 0) is 12.8 Å². The van der Waals surface area contributed by atoms with Gasteiger partial charge in [0.25, 0.3) is 0 Å². The summed E-state index contributed by atoms with van der Waals surface area (Å²) in [5, 5.41) is 5.67. The summed E-state index contributed by atoms with van der Waals surface area (Å²) in [6.07, 6.45) is 9.15. The van der Waals surface area contributed by atoms with E-state index < -0.39 is 0 Å². The lowest BCUT2D eigenvalue weighted by molar-refractivity contribution is 0.295. The number of nitrogens with zero attached hydrogens (tertiary/aromatic N) is 3. The maximum Gasteiger partial charge on any atom is 0.0648 e. The number of halogens is 1. The van der Waals surface area contributed by atoms with Crippen molar-refractivity contribution < 1.29 is 0 Å². The average Bonchev–Trinajstić information content (AvgIpc) is 3.21. The first-order valence-electron chi connectivity index (χ1n) is 11.5. The highest BCUT2D eigenvalue weighted by molar-refractivity contribution is 6.30. The zero-order valence-corrected chi connectivity index (χ0v) is 19.2. The molecule has 1 aliphatic rings. The third-order valence-electron chi connectivity index (χ3n) is 6.01. The smallest absolute Gasteiger partial charge is 0.0648 e. The number of rotatable bonds is 9. The molecule has 0 N–H and O–H groups in total. The van der Waals surface area contributed by atoms with Crippen LogP contribution >= 0.6 is 11.6 Å². The van der Waals surface area contributed by atoms with Crippen LogP contribution in [0.1, 0.15) is 49.6 Å². The fourth-order valence-corrected chi connectivity index (χ4v) is 4.43. The first kappa shape index (κ1) is 21.9. The molecule has 3 aromatic rings. The molecule has 2 aromatic carbocycles. The monoisotopic (exact) mass is 433 g/mol. The number of hydrogen-bond acceptors (Lipinski definition) is 2. The molecule has 162 valence electrons. The van der Waals surface area contributed by atoms with E-state index >= 15 is 0 Å². The van der Waals surface area contributed by atoms with E-state index in [4.69, 9.17) is 16.7 Å². The SMILES string of the molecule is CCCc1cc(CCCCN2CC=C(c3ccc(Cl)cc3)CC2)n(-c2ccccc2)n1. The van der Waals surface area contributed by atoms with Gasteiger partial charge in [-0.2, -0.15) is 5.10 Å². The van der Waals surface area contributed by atoms with Crippen molar-refractivity contribution >= 4 is 17.2 Å². The molecule has 0 radical (unpaired) electrons. The Hall–Kier alpha value is -2.36. The van der Waals surface area contributed by atoms with Gasteiger partial charge in [0.05, 0.1) is 11.4 Å². The predicted octanol–water partition coefficient (Wildman–Crippen LogP) is 6.59. The minimum absolute atomic E-state index is 0.803. The van der Waals surface area contributed by atoms with Gasteiger partial charge >= 0.3 is 0 Å². The minimum Gasteiger partial charge on any atom is -0.299 e. The average molecular weight is 434 g/mol. The molecular weight excluding hydrogens is 402 g/mol. The van der Waals surface area contributed by atoms with Crippen LogP contribution in [0.3, 0.4) is 0 Å². The second kappa shape index (κ2) is 10.8. The molecular formula is C27H32ClN3. The summed E-state index contributed by atoms with van der Waals surface area (Å²) >= 11 is 6.02. The van der Waals surface area contributed by atoms with Gasteiger partial charge in [-0.05, 0) is 80.1 Å². The Kier molecular flexibility index (Phi) is 7.61. The van der Waals surface area contributed by atoms with Gasteiger partial charge < -0.3 is 0 Å². The van der Waals surface area contributed by atoms with Crippen LogP contribution in [0.5, 0.6) is 0 Å². The van der Waals surface area contributed by atoms with Gasteiger partial charge in [-0.25, -0.2) is 4.68 Å². The Morgan fingerprint density at radius 2 is 1.77 bits per heavy atom. The second-order valence-electron chi connectivity index (χ2n) is 8.37. The molecule has 3 nitrogen and oxygen atoms in total. The van der Waals surface area contributed by atoms with Crippen molar-refractivity contribution in [2.45, 2.75) is 45.4 Å². The molecule has 0 amide bonds. The molecule has 4 rings (SSSR count). The first-order chi connectivity index (χ1) is 15.2. The summed E-state index contributed by atoms with van der Waals surface area (Å²) in [5.41, 5.74) is 6.45. The quantitative estimate of drug-likeness (QED) is 0.355. The number of hydrogen-bond donors (Lipinski definition) is 0. The zero-order chi connectivity index (χ0) is 21.5. The van der Waals surface area contributed by atoms with Crippen LogP contribution in [0.4, 0.5) is 0 Å². The van der Waals surface area contributed by atoms with Crippen LogP contribution in [-0.4, -0.2) is 34.3 Å². The van der Waals surface area contributed by atoms with Crippen LogP contribution < -0.4 is 0 Å². The standard InChI is InChI=1S/C27H32ClN3/c1-2-8-25-21-27(31(29-25)26-9-4-3-5-10-26)11-6-7-18-30-19-16-23(17-20-30)22-12-14-24(28)15-13-22/h3-5,9-10,12-16,21H,2,6-8,11,17-20H2,1H3. The van der Waals surface area contributed by atoms with Gasteiger partial charge in [0.15, 0.2) is 0 Å². The van der Waals surface area contributed by atoms with E-state index in [0.717, 1.165) is 56.0 Å². The van der Waals surface area contributed by atoms with E-state index in [1.165, 1.54) is 35.4 Å². The maximum atomic E-state index is 6.02. The number of para-hydroxylation sites is 1. The lowest BCUT2D eigenvalue weighted by atomic mass is 9.99. The number of aryl methyl sites for hydroxylation is 2. The maximum absolute atomic E-state index is 6.02. The van der Waals surface area contributed by atoms with Crippen molar-refractivity contribution in [3.8, 4) is 5.69 Å². The Morgan fingerprint density at radius 3 is 2.48 bits per heavy atom. The normalized spacial score (nSPS) is 14.6. The molecule has 0 spiro atoms. The van der Waals surface area contributed by atoms with Gasteiger partial charge in [0, 0.05) is 23.8 Å². The molecule has 0 saturated heterocycles. The molecule has 31 heavy (non-hydrogen) atoms. The highest BCUT2D eigenvalue weighted by Gasteiger charge is 2.13. The van der Waals surface area contributed by atoms with Gasteiger partial charge in [0.2, 0.25) is 0 Å². The summed E-state index contributed by atoms with van der Waals surface area (Å²) in [4.78, 5) is 2.57. The van der Waals surface area contributed by atoms with Crippen molar-refractivity contribution in [3.05, 3.63) is 88.7 Å². The molecule has 4 heteroatoms. The number of benzene rings is 2. The number of aromatic nitrogens is 2. The zero-order valence-electron chi connectivity index (χ0n) is 18.4. The highest BCUT2D eigenvalue weighted by Crippen LogP contribution is 2.24. The van der Waals surface area contributed by atoms with Crippen molar-refractivity contribution in [2.24, 2.45) is 0 Å². The Balaban J connectivity index is 1.29. The molecule has 0 bridgehead atoms. The van der Waals surface area contributed by atoms with Crippen molar-refractivity contribution in [2.75, 3.05) is 19.6 Å². The Morgan fingerprint density at radius 1 is 0.968 bits per heavy atom. The fraction of sp³-hybridized carbons (Fsp3) is 0.370. The molecule has 0 unspecified atom stereocenters. The van der Waals surface area contributed by atoms with E-state index in [9.17, 15) is 0 Å². The van der Waals surface area contributed by atoms with Crippen molar-refractivity contribution in [3.63, 3.8) is 0 Å². The lowest BCUT2D eigenvalue weighted by Crippen LogP contribution is -2.29.